The van der Waals surface area contributed by atoms with Crippen LogP contribution in [0.15, 0.2) is 46.0 Å². The van der Waals surface area contributed by atoms with Crippen LogP contribution in [0.3, 0.4) is 0 Å². The second-order valence-corrected chi connectivity index (χ2v) is 8.97. The predicted molar refractivity (Wildman–Crippen MR) is 125 cm³/mol. The van der Waals surface area contributed by atoms with Crippen molar-refractivity contribution >= 4 is 39.2 Å². The maximum atomic E-state index is 13.1. The number of H-pyrrole nitrogens is 1. The SMILES string of the molecule is Nc1ccc2c(=O)n(CCN3CCC(Cc4ccc(F)cc4)CC3)c(=O)[nH]c2c1I. The van der Waals surface area contributed by atoms with Crippen molar-refractivity contribution in [1.29, 1.82) is 0 Å². The molecule has 4 rings (SSSR count). The highest BCUT2D eigenvalue weighted by molar-refractivity contribution is 14.1. The second-order valence-electron chi connectivity index (χ2n) is 7.89. The monoisotopic (exact) mass is 522 g/mol. The first kappa shape index (κ1) is 21.0. The molecule has 1 aromatic heterocycles. The van der Waals surface area contributed by atoms with E-state index in [1.807, 2.05) is 34.7 Å². The van der Waals surface area contributed by atoms with Gasteiger partial charge in [0, 0.05) is 18.8 Å². The van der Waals surface area contributed by atoms with Gasteiger partial charge in [0.25, 0.3) is 5.56 Å². The summed E-state index contributed by atoms with van der Waals surface area (Å²) in [5.74, 6) is 0.372. The Morgan fingerprint density at radius 3 is 2.47 bits per heavy atom. The van der Waals surface area contributed by atoms with Gasteiger partial charge >= 0.3 is 5.69 Å². The third-order valence-corrected chi connectivity index (χ3v) is 7.07. The Hall–Kier alpha value is -2.20. The van der Waals surface area contributed by atoms with Gasteiger partial charge in [0.15, 0.2) is 0 Å². The molecule has 3 aromatic rings. The van der Waals surface area contributed by atoms with Crippen LogP contribution < -0.4 is 17.0 Å². The number of piperidine rings is 1. The highest BCUT2D eigenvalue weighted by Crippen LogP contribution is 2.23. The van der Waals surface area contributed by atoms with E-state index in [4.69, 9.17) is 5.73 Å². The van der Waals surface area contributed by atoms with Crippen LogP contribution in [0.25, 0.3) is 10.9 Å². The van der Waals surface area contributed by atoms with Crippen molar-refractivity contribution in [1.82, 2.24) is 14.5 Å². The van der Waals surface area contributed by atoms with Crippen LogP contribution in [0.1, 0.15) is 18.4 Å². The average molecular weight is 522 g/mol. The minimum absolute atomic E-state index is 0.203. The van der Waals surface area contributed by atoms with E-state index in [1.165, 1.54) is 22.3 Å². The molecule has 3 N–H and O–H groups in total. The summed E-state index contributed by atoms with van der Waals surface area (Å²) in [6, 6.07) is 10.1. The fraction of sp³-hybridized carbons (Fsp3) is 0.364. The largest absolute Gasteiger partial charge is 0.398 e. The Balaban J connectivity index is 1.38. The number of fused-ring (bicyclic) bond motifs is 1. The lowest BCUT2D eigenvalue weighted by Crippen LogP contribution is -2.41. The molecule has 0 radical (unpaired) electrons. The number of nitrogens with two attached hydrogens (primary N) is 1. The van der Waals surface area contributed by atoms with E-state index in [0.717, 1.165) is 32.4 Å². The van der Waals surface area contributed by atoms with Gasteiger partial charge in [-0.2, -0.15) is 0 Å². The Bertz CT molecular complexity index is 1160. The van der Waals surface area contributed by atoms with E-state index in [-0.39, 0.29) is 11.4 Å². The molecule has 0 spiro atoms. The number of aromatic nitrogens is 2. The number of benzene rings is 2. The maximum Gasteiger partial charge on any atom is 0.328 e. The van der Waals surface area contributed by atoms with Crippen molar-refractivity contribution in [2.24, 2.45) is 5.92 Å². The smallest absolute Gasteiger partial charge is 0.328 e. The van der Waals surface area contributed by atoms with E-state index >= 15 is 0 Å². The number of halogens is 2. The maximum absolute atomic E-state index is 13.1. The van der Waals surface area contributed by atoms with E-state index in [9.17, 15) is 14.0 Å². The molecule has 1 fully saturated rings. The number of rotatable bonds is 5. The highest BCUT2D eigenvalue weighted by atomic mass is 127. The molecular weight excluding hydrogens is 498 g/mol. The zero-order valence-electron chi connectivity index (χ0n) is 16.5. The van der Waals surface area contributed by atoms with Gasteiger partial charge in [0.05, 0.1) is 14.5 Å². The summed E-state index contributed by atoms with van der Waals surface area (Å²) >= 11 is 2.05. The zero-order valence-corrected chi connectivity index (χ0v) is 18.7. The number of aromatic amines is 1. The molecular formula is C22H24FIN4O2. The van der Waals surface area contributed by atoms with Gasteiger partial charge in [-0.25, -0.2) is 9.18 Å². The summed E-state index contributed by atoms with van der Waals surface area (Å²) in [5.41, 5.74) is 7.41. The zero-order chi connectivity index (χ0) is 21.3. The van der Waals surface area contributed by atoms with E-state index in [0.29, 0.717) is 39.2 Å². The van der Waals surface area contributed by atoms with Gasteiger partial charge in [-0.15, -0.1) is 0 Å². The van der Waals surface area contributed by atoms with Crippen LogP contribution >= 0.6 is 22.6 Å². The van der Waals surface area contributed by atoms with Crippen molar-refractivity contribution < 1.29 is 4.39 Å². The molecule has 0 atom stereocenters. The molecule has 0 bridgehead atoms. The molecule has 6 nitrogen and oxygen atoms in total. The number of nitrogen functional groups attached to an aromatic ring is 1. The van der Waals surface area contributed by atoms with Crippen molar-refractivity contribution in [2.45, 2.75) is 25.8 Å². The number of hydrogen-bond acceptors (Lipinski definition) is 4. The number of nitrogens with zero attached hydrogens (tertiary/aromatic N) is 2. The average Bonchev–Trinajstić information content (AvgIpc) is 2.74. The van der Waals surface area contributed by atoms with Gasteiger partial charge in [-0.3, -0.25) is 9.36 Å². The van der Waals surface area contributed by atoms with Crippen molar-refractivity contribution in [2.75, 3.05) is 25.4 Å². The predicted octanol–water partition coefficient (Wildman–Crippen LogP) is 2.97. The van der Waals surface area contributed by atoms with Crippen LogP contribution in [0, 0.1) is 15.3 Å². The van der Waals surface area contributed by atoms with Crippen molar-refractivity contribution in [3.63, 3.8) is 0 Å². The fourth-order valence-electron chi connectivity index (χ4n) is 4.12. The Morgan fingerprint density at radius 2 is 1.77 bits per heavy atom. The summed E-state index contributed by atoms with van der Waals surface area (Å²) < 4.78 is 15.0. The highest BCUT2D eigenvalue weighted by Gasteiger charge is 2.20. The molecule has 1 aliphatic heterocycles. The van der Waals surface area contributed by atoms with Crippen LogP contribution in [-0.4, -0.2) is 34.1 Å². The third-order valence-electron chi connectivity index (χ3n) is 5.91. The standard InChI is InChI=1S/C22H24FIN4O2/c23-16-3-1-14(2-4-16)13-15-7-9-27(10-8-15)11-12-28-21(29)17-5-6-18(25)19(24)20(17)26-22(28)30/h1-6,15H,7-13,25H2,(H,26,30). The first-order chi connectivity index (χ1) is 14.4. The fourth-order valence-corrected chi connectivity index (χ4v) is 4.72. The van der Waals surface area contributed by atoms with Gasteiger partial charge in [0.1, 0.15) is 5.82 Å². The van der Waals surface area contributed by atoms with Crippen molar-refractivity contribution in [3.8, 4) is 0 Å². The number of nitrogens with one attached hydrogen (secondary N) is 1. The Kier molecular flexibility index (Phi) is 6.24. The first-order valence-corrected chi connectivity index (χ1v) is 11.2. The molecule has 158 valence electrons. The van der Waals surface area contributed by atoms with Gasteiger partial charge in [-0.1, -0.05) is 12.1 Å². The molecule has 30 heavy (non-hydrogen) atoms. The van der Waals surface area contributed by atoms with Gasteiger partial charge in [-0.05, 0) is 90.7 Å². The number of hydrogen-bond donors (Lipinski definition) is 2. The van der Waals surface area contributed by atoms with Gasteiger partial charge in [0.2, 0.25) is 0 Å². The minimum atomic E-state index is -0.401. The van der Waals surface area contributed by atoms with Crippen LogP contribution in [0.4, 0.5) is 10.1 Å². The van der Waals surface area contributed by atoms with Crippen LogP contribution in [0.5, 0.6) is 0 Å². The quantitative estimate of drug-likeness (QED) is 0.399. The summed E-state index contributed by atoms with van der Waals surface area (Å²) in [6.07, 6.45) is 3.06. The normalized spacial score (nSPS) is 15.7. The molecule has 0 saturated carbocycles. The molecule has 2 aromatic carbocycles. The van der Waals surface area contributed by atoms with E-state index in [2.05, 4.69) is 9.88 Å². The molecule has 8 heteroatoms. The second kappa shape index (κ2) is 8.89. The summed E-state index contributed by atoms with van der Waals surface area (Å²) in [6.45, 7) is 2.87. The molecule has 2 heterocycles. The summed E-state index contributed by atoms with van der Waals surface area (Å²) in [5, 5.41) is 0.478. The number of likely N-dealkylation sites (tertiary alicyclic amines) is 1. The molecule has 1 saturated heterocycles. The Labute approximate surface area is 187 Å². The van der Waals surface area contributed by atoms with Crippen LogP contribution in [-0.2, 0) is 13.0 Å². The molecule has 0 unspecified atom stereocenters. The van der Waals surface area contributed by atoms with Crippen LogP contribution in [0.2, 0.25) is 0 Å². The van der Waals surface area contributed by atoms with E-state index < -0.39 is 5.69 Å². The molecule has 1 aliphatic rings. The molecule has 0 amide bonds. The topological polar surface area (TPSA) is 84.1 Å². The third kappa shape index (κ3) is 4.44. The Morgan fingerprint density at radius 1 is 1.07 bits per heavy atom. The number of anilines is 1. The van der Waals surface area contributed by atoms with E-state index in [1.54, 1.807) is 12.1 Å². The lowest BCUT2D eigenvalue weighted by atomic mass is 9.90. The summed E-state index contributed by atoms with van der Waals surface area (Å²) in [7, 11) is 0. The molecule has 0 aliphatic carbocycles. The first-order valence-electron chi connectivity index (χ1n) is 10.1. The van der Waals surface area contributed by atoms with Gasteiger partial charge < -0.3 is 15.6 Å². The summed E-state index contributed by atoms with van der Waals surface area (Å²) in [4.78, 5) is 30.4. The van der Waals surface area contributed by atoms with Crippen molar-refractivity contribution in [3.05, 3.63) is 72.2 Å². The lowest BCUT2D eigenvalue weighted by molar-refractivity contribution is 0.177. The lowest BCUT2D eigenvalue weighted by Gasteiger charge is -2.32. The minimum Gasteiger partial charge on any atom is -0.398 e.